The van der Waals surface area contributed by atoms with Crippen molar-refractivity contribution in [1.82, 2.24) is 0 Å². The van der Waals surface area contributed by atoms with Crippen molar-refractivity contribution < 1.29 is 14.0 Å². The van der Waals surface area contributed by atoms with Crippen LogP contribution in [0.3, 0.4) is 0 Å². The van der Waals surface area contributed by atoms with E-state index in [0.29, 0.717) is 24.6 Å². The molecule has 2 unspecified atom stereocenters. The van der Waals surface area contributed by atoms with Crippen LogP contribution in [0.2, 0.25) is 13.1 Å². The van der Waals surface area contributed by atoms with Crippen molar-refractivity contribution in [1.29, 1.82) is 0 Å². The summed E-state index contributed by atoms with van der Waals surface area (Å²) in [5.74, 6) is 0.880. The third-order valence-corrected chi connectivity index (χ3v) is 4.24. The lowest BCUT2D eigenvalue weighted by atomic mass is 9.80. The Balaban J connectivity index is 0.000000494. The molecule has 0 radical (unpaired) electrons. The average Bonchev–Trinajstić information content (AvgIpc) is 2.67. The highest BCUT2D eigenvalue weighted by Crippen LogP contribution is 2.40. The SMILES string of the molecule is CCOC=O.C[SiH](C)OC1CCC(C(C)(C)C)C1. The van der Waals surface area contributed by atoms with E-state index in [1.807, 2.05) is 0 Å². The lowest BCUT2D eigenvalue weighted by Gasteiger charge is -2.27. The van der Waals surface area contributed by atoms with E-state index < -0.39 is 9.04 Å². The molecule has 1 saturated carbocycles. The molecule has 0 heterocycles. The van der Waals surface area contributed by atoms with Crippen LogP contribution in [0.4, 0.5) is 0 Å². The van der Waals surface area contributed by atoms with Crippen molar-refractivity contribution in [3.8, 4) is 0 Å². The lowest BCUT2D eigenvalue weighted by molar-refractivity contribution is -0.128. The summed E-state index contributed by atoms with van der Waals surface area (Å²) in [7, 11) is -0.805. The van der Waals surface area contributed by atoms with Gasteiger partial charge in [0.05, 0.1) is 6.61 Å². The Morgan fingerprint density at radius 3 is 2.17 bits per heavy atom. The van der Waals surface area contributed by atoms with Gasteiger partial charge in [0.2, 0.25) is 0 Å². The zero-order valence-electron chi connectivity index (χ0n) is 12.9. The van der Waals surface area contributed by atoms with Gasteiger partial charge in [-0.3, -0.25) is 4.79 Å². The fourth-order valence-corrected chi connectivity index (χ4v) is 3.32. The number of hydrogen-bond donors (Lipinski definition) is 0. The standard InChI is InChI=1S/C11H24OSi.C3H6O2/c1-11(2,3)9-6-7-10(8-9)12-13(4)5;1-2-5-3-4/h9-10,13H,6-8H2,1-5H3;3H,2H2,1H3. The summed E-state index contributed by atoms with van der Waals surface area (Å²) in [6.07, 6.45) is 4.56. The van der Waals surface area contributed by atoms with Gasteiger partial charge < -0.3 is 9.16 Å². The number of hydrogen-bond acceptors (Lipinski definition) is 3. The van der Waals surface area contributed by atoms with Crippen LogP contribution in [0.5, 0.6) is 0 Å². The van der Waals surface area contributed by atoms with Gasteiger partial charge in [-0.05, 0) is 50.6 Å². The van der Waals surface area contributed by atoms with Crippen molar-refractivity contribution in [2.24, 2.45) is 11.3 Å². The molecule has 0 aromatic heterocycles. The van der Waals surface area contributed by atoms with Crippen molar-refractivity contribution in [2.45, 2.75) is 66.2 Å². The van der Waals surface area contributed by atoms with Crippen LogP contribution in [-0.4, -0.2) is 28.2 Å². The maximum atomic E-state index is 9.18. The highest BCUT2D eigenvalue weighted by molar-refractivity contribution is 6.48. The fraction of sp³-hybridized carbons (Fsp3) is 0.929. The van der Waals surface area contributed by atoms with E-state index in [1.54, 1.807) is 6.92 Å². The van der Waals surface area contributed by atoms with E-state index in [-0.39, 0.29) is 0 Å². The largest absolute Gasteiger partial charge is 0.468 e. The molecule has 0 amide bonds. The zero-order valence-corrected chi connectivity index (χ0v) is 14.0. The molecule has 1 aliphatic carbocycles. The Hall–Kier alpha value is -0.353. The second-order valence-electron chi connectivity index (χ2n) is 6.23. The van der Waals surface area contributed by atoms with Crippen LogP contribution < -0.4 is 0 Å². The van der Waals surface area contributed by atoms with E-state index in [1.165, 1.54) is 19.3 Å². The summed E-state index contributed by atoms with van der Waals surface area (Å²) < 4.78 is 10.1. The number of carbonyl (C=O) groups is 1. The highest BCUT2D eigenvalue weighted by atomic mass is 28.3. The Morgan fingerprint density at radius 1 is 1.28 bits per heavy atom. The molecule has 2 atom stereocenters. The normalized spacial score (nSPS) is 23.5. The third-order valence-electron chi connectivity index (χ3n) is 3.31. The van der Waals surface area contributed by atoms with Crippen LogP contribution in [0.1, 0.15) is 47.0 Å². The predicted molar refractivity (Wildman–Crippen MR) is 78.2 cm³/mol. The van der Waals surface area contributed by atoms with Gasteiger partial charge in [-0.1, -0.05) is 20.8 Å². The Morgan fingerprint density at radius 2 is 1.89 bits per heavy atom. The molecule has 18 heavy (non-hydrogen) atoms. The van der Waals surface area contributed by atoms with Gasteiger partial charge in [-0.25, -0.2) is 0 Å². The molecule has 0 spiro atoms. The Bertz CT molecular complexity index is 224. The predicted octanol–water partition coefficient (Wildman–Crippen LogP) is 3.38. The third kappa shape index (κ3) is 7.87. The summed E-state index contributed by atoms with van der Waals surface area (Å²) in [5, 5.41) is 0. The second kappa shape index (κ2) is 8.70. The van der Waals surface area contributed by atoms with Crippen LogP contribution in [-0.2, 0) is 14.0 Å². The first kappa shape index (κ1) is 17.6. The monoisotopic (exact) mass is 274 g/mol. The molecule has 4 heteroatoms. The maximum absolute atomic E-state index is 9.18. The molecule has 3 nitrogen and oxygen atoms in total. The molecule has 1 aliphatic rings. The highest BCUT2D eigenvalue weighted by Gasteiger charge is 2.33. The van der Waals surface area contributed by atoms with Crippen LogP contribution in [0.15, 0.2) is 0 Å². The Kier molecular flexibility index (Phi) is 8.53. The summed E-state index contributed by atoms with van der Waals surface area (Å²) in [4.78, 5) is 9.18. The van der Waals surface area contributed by atoms with Crippen LogP contribution >= 0.6 is 0 Å². The van der Waals surface area contributed by atoms with E-state index >= 15 is 0 Å². The first-order valence-electron chi connectivity index (χ1n) is 7.01. The first-order chi connectivity index (χ1) is 8.31. The van der Waals surface area contributed by atoms with Gasteiger partial charge in [0.15, 0.2) is 9.04 Å². The molecular weight excluding hydrogens is 244 g/mol. The van der Waals surface area contributed by atoms with Crippen molar-refractivity contribution in [3.05, 3.63) is 0 Å². The molecular formula is C14H30O3Si. The molecule has 0 N–H and O–H groups in total. The lowest BCUT2D eigenvalue weighted by Crippen LogP contribution is -2.21. The molecule has 0 aromatic carbocycles. The molecule has 1 fully saturated rings. The average molecular weight is 274 g/mol. The molecule has 0 saturated heterocycles. The van der Waals surface area contributed by atoms with E-state index in [4.69, 9.17) is 4.43 Å². The van der Waals surface area contributed by atoms with E-state index in [2.05, 4.69) is 38.6 Å². The van der Waals surface area contributed by atoms with E-state index in [9.17, 15) is 4.79 Å². The Labute approximate surface area is 114 Å². The fourth-order valence-electron chi connectivity index (χ4n) is 2.30. The zero-order chi connectivity index (χ0) is 14.2. The summed E-state index contributed by atoms with van der Waals surface area (Å²) in [6, 6.07) is 0. The van der Waals surface area contributed by atoms with Crippen molar-refractivity contribution >= 4 is 15.5 Å². The van der Waals surface area contributed by atoms with Gasteiger partial charge in [-0.15, -0.1) is 0 Å². The van der Waals surface area contributed by atoms with Crippen molar-refractivity contribution in [2.75, 3.05) is 6.61 Å². The minimum Gasteiger partial charge on any atom is -0.468 e. The summed E-state index contributed by atoms with van der Waals surface area (Å²) in [5.41, 5.74) is 0.483. The molecule has 0 aromatic rings. The van der Waals surface area contributed by atoms with Gasteiger partial charge >= 0.3 is 0 Å². The van der Waals surface area contributed by atoms with Gasteiger partial charge in [0, 0.05) is 6.10 Å². The van der Waals surface area contributed by atoms with E-state index in [0.717, 1.165) is 5.92 Å². The van der Waals surface area contributed by atoms with Gasteiger partial charge in [0.25, 0.3) is 6.47 Å². The van der Waals surface area contributed by atoms with Crippen LogP contribution in [0.25, 0.3) is 0 Å². The van der Waals surface area contributed by atoms with Crippen LogP contribution in [0, 0.1) is 11.3 Å². The summed E-state index contributed by atoms with van der Waals surface area (Å²) in [6.45, 7) is 14.3. The topological polar surface area (TPSA) is 35.5 Å². The molecule has 0 bridgehead atoms. The van der Waals surface area contributed by atoms with Gasteiger partial charge in [0.1, 0.15) is 0 Å². The minimum atomic E-state index is -0.805. The number of ether oxygens (including phenoxy) is 1. The number of rotatable bonds is 4. The minimum absolute atomic E-state index is 0.431. The maximum Gasteiger partial charge on any atom is 0.293 e. The van der Waals surface area contributed by atoms with Crippen molar-refractivity contribution in [3.63, 3.8) is 0 Å². The molecule has 1 rings (SSSR count). The quantitative estimate of drug-likeness (QED) is 0.582. The second-order valence-corrected chi connectivity index (χ2v) is 8.60. The number of carbonyl (C=O) groups excluding carboxylic acids is 1. The first-order valence-corrected chi connectivity index (χ1v) is 9.80. The summed E-state index contributed by atoms with van der Waals surface area (Å²) >= 11 is 0. The smallest absolute Gasteiger partial charge is 0.293 e. The molecule has 0 aliphatic heterocycles. The molecule has 108 valence electrons. The van der Waals surface area contributed by atoms with Gasteiger partial charge in [-0.2, -0.15) is 0 Å².